The van der Waals surface area contributed by atoms with Gasteiger partial charge in [-0.25, -0.2) is 0 Å². The summed E-state index contributed by atoms with van der Waals surface area (Å²) in [4.78, 5) is 1.40. The summed E-state index contributed by atoms with van der Waals surface area (Å²) in [7, 11) is 0. The van der Waals surface area contributed by atoms with Crippen LogP contribution in [0.1, 0.15) is 32.8 Å². The number of benzene rings is 1. The van der Waals surface area contributed by atoms with E-state index in [0.29, 0.717) is 12.1 Å². The van der Waals surface area contributed by atoms with Crippen LogP contribution in [0.15, 0.2) is 29.2 Å². The van der Waals surface area contributed by atoms with Crippen molar-refractivity contribution in [3.8, 4) is 0 Å². The molecule has 1 N–H and O–H groups in total. The van der Waals surface area contributed by atoms with E-state index in [1.165, 1.54) is 16.9 Å². The molecule has 16 heavy (non-hydrogen) atoms. The Morgan fingerprint density at radius 1 is 1.19 bits per heavy atom. The molecule has 1 rings (SSSR count). The Morgan fingerprint density at radius 2 is 1.88 bits per heavy atom. The SMILES string of the molecule is CCC(C)NC(C)Cc1ccccc1SC. The van der Waals surface area contributed by atoms with Crippen molar-refractivity contribution in [2.75, 3.05) is 6.26 Å². The third-order valence-corrected chi connectivity index (χ3v) is 3.74. The van der Waals surface area contributed by atoms with Gasteiger partial charge in [0.25, 0.3) is 0 Å². The van der Waals surface area contributed by atoms with E-state index in [1.807, 2.05) is 11.8 Å². The molecule has 0 saturated carbocycles. The fourth-order valence-corrected chi connectivity index (χ4v) is 2.49. The van der Waals surface area contributed by atoms with Crippen LogP contribution < -0.4 is 5.32 Å². The van der Waals surface area contributed by atoms with Crippen LogP contribution in [0.4, 0.5) is 0 Å². The quantitative estimate of drug-likeness (QED) is 0.757. The molecule has 0 heterocycles. The summed E-state index contributed by atoms with van der Waals surface area (Å²) in [5, 5.41) is 3.62. The highest BCUT2D eigenvalue weighted by molar-refractivity contribution is 7.98. The van der Waals surface area contributed by atoms with Crippen molar-refractivity contribution in [2.24, 2.45) is 0 Å². The maximum atomic E-state index is 3.62. The fourth-order valence-electron chi connectivity index (χ4n) is 1.86. The topological polar surface area (TPSA) is 12.0 Å². The third kappa shape index (κ3) is 4.18. The maximum absolute atomic E-state index is 3.62. The van der Waals surface area contributed by atoms with Gasteiger partial charge in [-0.2, -0.15) is 0 Å². The minimum absolute atomic E-state index is 0.545. The molecular weight excluding hydrogens is 214 g/mol. The lowest BCUT2D eigenvalue weighted by molar-refractivity contribution is 0.454. The average molecular weight is 237 g/mol. The Hall–Kier alpha value is -0.470. The van der Waals surface area contributed by atoms with Gasteiger partial charge in [0.1, 0.15) is 0 Å². The standard InChI is InChI=1S/C14H23NS/c1-5-11(2)15-12(3)10-13-8-6-7-9-14(13)16-4/h6-9,11-12,15H,5,10H2,1-4H3. The largest absolute Gasteiger partial charge is 0.311 e. The van der Waals surface area contributed by atoms with E-state index in [9.17, 15) is 0 Å². The molecule has 2 unspecified atom stereocenters. The molecule has 0 radical (unpaired) electrons. The molecular formula is C14H23NS. The second-order valence-electron chi connectivity index (χ2n) is 4.39. The predicted molar refractivity (Wildman–Crippen MR) is 74.3 cm³/mol. The van der Waals surface area contributed by atoms with E-state index >= 15 is 0 Å². The maximum Gasteiger partial charge on any atom is 0.0102 e. The molecule has 0 bridgehead atoms. The van der Waals surface area contributed by atoms with Gasteiger partial charge in [-0.3, -0.25) is 0 Å². The Labute approximate surface area is 104 Å². The zero-order valence-electron chi connectivity index (χ0n) is 10.8. The van der Waals surface area contributed by atoms with E-state index in [2.05, 4.69) is 56.6 Å². The summed E-state index contributed by atoms with van der Waals surface area (Å²) in [6, 6.07) is 9.84. The fraction of sp³-hybridized carbons (Fsp3) is 0.571. The summed E-state index contributed by atoms with van der Waals surface area (Å²) >= 11 is 1.83. The molecule has 0 aromatic heterocycles. The molecule has 2 atom stereocenters. The monoisotopic (exact) mass is 237 g/mol. The molecule has 0 aliphatic heterocycles. The molecule has 0 aliphatic rings. The van der Waals surface area contributed by atoms with Crippen LogP contribution in [0.3, 0.4) is 0 Å². The highest BCUT2D eigenvalue weighted by Crippen LogP contribution is 2.21. The van der Waals surface area contributed by atoms with Crippen LogP contribution in [0, 0.1) is 0 Å². The summed E-state index contributed by atoms with van der Waals surface area (Å²) in [6.07, 6.45) is 4.45. The van der Waals surface area contributed by atoms with Crippen LogP contribution in [-0.2, 0) is 6.42 Å². The highest BCUT2D eigenvalue weighted by atomic mass is 32.2. The summed E-state index contributed by atoms with van der Waals surface area (Å²) in [6.45, 7) is 6.74. The zero-order valence-corrected chi connectivity index (χ0v) is 11.6. The Kier molecular flexibility index (Phi) is 5.93. The van der Waals surface area contributed by atoms with Crippen LogP contribution in [0.2, 0.25) is 0 Å². The number of nitrogens with one attached hydrogen (secondary N) is 1. The van der Waals surface area contributed by atoms with Gasteiger partial charge in [0, 0.05) is 17.0 Å². The van der Waals surface area contributed by atoms with Gasteiger partial charge >= 0.3 is 0 Å². The van der Waals surface area contributed by atoms with Crippen molar-refractivity contribution in [3.63, 3.8) is 0 Å². The molecule has 0 saturated heterocycles. The molecule has 1 aromatic carbocycles. The van der Waals surface area contributed by atoms with E-state index in [1.54, 1.807) is 0 Å². The van der Waals surface area contributed by atoms with Gasteiger partial charge in [-0.15, -0.1) is 11.8 Å². The van der Waals surface area contributed by atoms with Crippen LogP contribution in [-0.4, -0.2) is 18.3 Å². The van der Waals surface area contributed by atoms with Gasteiger partial charge in [-0.1, -0.05) is 25.1 Å². The van der Waals surface area contributed by atoms with Crippen LogP contribution in [0.5, 0.6) is 0 Å². The van der Waals surface area contributed by atoms with Crippen molar-refractivity contribution in [1.82, 2.24) is 5.32 Å². The predicted octanol–water partition coefficient (Wildman–Crippen LogP) is 3.73. The van der Waals surface area contributed by atoms with Gasteiger partial charge in [-0.05, 0) is 44.6 Å². The number of thioether (sulfide) groups is 1. The first-order chi connectivity index (χ1) is 7.67. The molecule has 90 valence electrons. The molecule has 0 fully saturated rings. The molecule has 1 nitrogen and oxygen atoms in total. The van der Waals surface area contributed by atoms with Crippen molar-refractivity contribution in [2.45, 2.75) is 50.6 Å². The second-order valence-corrected chi connectivity index (χ2v) is 5.24. The molecule has 0 spiro atoms. The van der Waals surface area contributed by atoms with E-state index in [-0.39, 0.29) is 0 Å². The van der Waals surface area contributed by atoms with Gasteiger partial charge in [0.05, 0.1) is 0 Å². The van der Waals surface area contributed by atoms with Gasteiger partial charge in [0.2, 0.25) is 0 Å². The molecule has 0 amide bonds. The van der Waals surface area contributed by atoms with Crippen molar-refractivity contribution in [1.29, 1.82) is 0 Å². The first-order valence-corrected chi connectivity index (χ1v) is 7.27. The summed E-state index contributed by atoms with van der Waals surface area (Å²) < 4.78 is 0. The summed E-state index contributed by atoms with van der Waals surface area (Å²) in [5.74, 6) is 0. The lowest BCUT2D eigenvalue weighted by Gasteiger charge is -2.19. The third-order valence-electron chi connectivity index (χ3n) is 2.90. The number of hydrogen-bond donors (Lipinski definition) is 1. The molecule has 2 heteroatoms. The lowest BCUT2D eigenvalue weighted by atomic mass is 10.1. The van der Waals surface area contributed by atoms with Gasteiger partial charge in [0.15, 0.2) is 0 Å². The number of hydrogen-bond acceptors (Lipinski definition) is 2. The zero-order chi connectivity index (χ0) is 12.0. The van der Waals surface area contributed by atoms with E-state index < -0.39 is 0 Å². The molecule has 1 aromatic rings. The first kappa shape index (κ1) is 13.6. The van der Waals surface area contributed by atoms with E-state index in [0.717, 1.165) is 6.42 Å². The summed E-state index contributed by atoms with van der Waals surface area (Å²) in [5.41, 5.74) is 1.46. The lowest BCUT2D eigenvalue weighted by Crippen LogP contribution is -2.35. The second kappa shape index (κ2) is 6.97. The Morgan fingerprint density at radius 3 is 2.50 bits per heavy atom. The van der Waals surface area contributed by atoms with Crippen molar-refractivity contribution >= 4 is 11.8 Å². The van der Waals surface area contributed by atoms with Crippen LogP contribution >= 0.6 is 11.8 Å². The minimum Gasteiger partial charge on any atom is -0.311 e. The molecule has 0 aliphatic carbocycles. The normalized spacial score (nSPS) is 14.8. The Bertz CT molecular complexity index is 311. The van der Waals surface area contributed by atoms with E-state index in [4.69, 9.17) is 0 Å². The average Bonchev–Trinajstić information content (AvgIpc) is 2.29. The smallest absolute Gasteiger partial charge is 0.0102 e. The van der Waals surface area contributed by atoms with Gasteiger partial charge < -0.3 is 5.32 Å². The number of rotatable bonds is 6. The van der Waals surface area contributed by atoms with Crippen molar-refractivity contribution < 1.29 is 0 Å². The minimum atomic E-state index is 0.545. The first-order valence-electron chi connectivity index (χ1n) is 6.05. The van der Waals surface area contributed by atoms with Crippen LogP contribution in [0.25, 0.3) is 0 Å². The Balaban J connectivity index is 2.58. The highest BCUT2D eigenvalue weighted by Gasteiger charge is 2.08. The van der Waals surface area contributed by atoms with Crippen molar-refractivity contribution in [3.05, 3.63) is 29.8 Å².